The van der Waals surface area contributed by atoms with E-state index >= 15 is 0 Å². The van der Waals surface area contributed by atoms with Crippen LogP contribution in [0.2, 0.25) is 0 Å². The molecule has 0 bridgehead atoms. The zero-order valence-corrected chi connectivity index (χ0v) is 12.6. The quantitative estimate of drug-likeness (QED) is 0.809. The van der Waals surface area contributed by atoms with E-state index in [2.05, 4.69) is 36.9 Å². The van der Waals surface area contributed by atoms with Crippen LogP contribution in [0.3, 0.4) is 0 Å². The van der Waals surface area contributed by atoms with Crippen molar-refractivity contribution in [3.05, 3.63) is 29.3 Å². The first-order valence-electron chi connectivity index (χ1n) is 7.27. The van der Waals surface area contributed by atoms with E-state index in [0.29, 0.717) is 13.1 Å². The first-order valence-corrected chi connectivity index (χ1v) is 7.27. The van der Waals surface area contributed by atoms with Gasteiger partial charge in [0.25, 0.3) is 0 Å². The lowest BCUT2D eigenvalue weighted by atomic mass is 10.1. The topological polar surface area (TPSA) is 63.7 Å². The van der Waals surface area contributed by atoms with Gasteiger partial charge < -0.3 is 19.7 Å². The number of carboxylic acid groups (broad SMARTS) is 1. The number of carbonyl (C=O) groups is 2. The van der Waals surface area contributed by atoms with Gasteiger partial charge in [0.15, 0.2) is 0 Å². The maximum absolute atomic E-state index is 11.9. The van der Waals surface area contributed by atoms with Gasteiger partial charge in [-0.2, -0.15) is 0 Å². The summed E-state index contributed by atoms with van der Waals surface area (Å²) in [4.78, 5) is 26.3. The van der Waals surface area contributed by atoms with Gasteiger partial charge in [0.05, 0.1) is 0 Å². The van der Waals surface area contributed by atoms with E-state index in [0.717, 1.165) is 13.1 Å². The monoisotopic (exact) mass is 289 g/mol. The average Bonchev–Trinajstić information content (AvgIpc) is 2.45. The number of piperazine rings is 1. The molecule has 114 valence electrons. The minimum Gasteiger partial charge on any atom is -0.550 e. The van der Waals surface area contributed by atoms with Gasteiger partial charge in [-0.3, -0.25) is 4.79 Å². The molecule has 1 amide bonds. The summed E-state index contributed by atoms with van der Waals surface area (Å²) in [5.41, 5.74) is 3.70. The number of nitrogens with zero attached hydrogens (tertiary/aromatic N) is 2. The predicted octanol–water partition coefficient (Wildman–Crippen LogP) is 0.482. The predicted molar refractivity (Wildman–Crippen MR) is 79.0 cm³/mol. The molecule has 0 aliphatic carbocycles. The standard InChI is InChI=1S/C16H22N2O3/c1-12-3-4-14(13(2)11-12)17-7-9-18(10-8-17)15(19)5-6-16(20)21/h3-4,11H,5-10H2,1-2H3,(H,20,21)/p-1. The molecule has 5 heteroatoms. The molecule has 0 spiro atoms. The van der Waals surface area contributed by atoms with Gasteiger partial charge in [-0.25, -0.2) is 0 Å². The third-order valence-electron chi connectivity index (χ3n) is 3.87. The summed E-state index contributed by atoms with van der Waals surface area (Å²) in [5, 5.41) is 10.4. The van der Waals surface area contributed by atoms with Crippen molar-refractivity contribution in [2.24, 2.45) is 0 Å². The van der Waals surface area contributed by atoms with Crippen LogP contribution in [0.25, 0.3) is 0 Å². The highest BCUT2D eigenvalue weighted by Crippen LogP contribution is 2.22. The second-order valence-corrected chi connectivity index (χ2v) is 5.53. The second-order valence-electron chi connectivity index (χ2n) is 5.53. The van der Waals surface area contributed by atoms with Gasteiger partial charge in [0, 0.05) is 44.3 Å². The van der Waals surface area contributed by atoms with Crippen LogP contribution in [0, 0.1) is 13.8 Å². The zero-order chi connectivity index (χ0) is 15.4. The van der Waals surface area contributed by atoms with Crippen LogP contribution >= 0.6 is 0 Å². The maximum atomic E-state index is 11.9. The lowest BCUT2D eigenvalue weighted by Crippen LogP contribution is -2.49. The van der Waals surface area contributed by atoms with E-state index in [4.69, 9.17) is 0 Å². The first kappa shape index (κ1) is 15.4. The Labute approximate surface area is 125 Å². The van der Waals surface area contributed by atoms with Crippen LogP contribution in [0.5, 0.6) is 0 Å². The van der Waals surface area contributed by atoms with Crippen LogP contribution in [0.4, 0.5) is 5.69 Å². The van der Waals surface area contributed by atoms with Crippen molar-refractivity contribution in [2.75, 3.05) is 31.1 Å². The molecule has 0 atom stereocenters. The Kier molecular flexibility index (Phi) is 4.83. The number of aliphatic carboxylic acids is 1. The van der Waals surface area contributed by atoms with Crippen molar-refractivity contribution in [3.8, 4) is 0 Å². The number of anilines is 1. The van der Waals surface area contributed by atoms with Gasteiger partial charge in [0.2, 0.25) is 5.91 Å². The van der Waals surface area contributed by atoms with Crippen molar-refractivity contribution in [2.45, 2.75) is 26.7 Å². The fraction of sp³-hybridized carbons (Fsp3) is 0.500. The summed E-state index contributed by atoms with van der Waals surface area (Å²) in [6, 6.07) is 6.38. The van der Waals surface area contributed by atoms with Crippen LogP contribution in [0.15, 0.2) is 18.2 Å². The number of hydrogen-bond acceptors (Lipinski definition) is 4. The molecule has 2 rings (SSSR count). The van der Waals surface area contributed by atoms with Crippen molar-refractivity contribution in [1.29, 1.82) is 0 Å². The molecule has 1 fully saturated rings. The number of hydrogen-bond donors (Lipinski definition) is 0. The van der Waals surface area contributed by atoms with Crippen LogP contribution in [-0.2, 0) is 9.59 Å². The average molecular weight is 289 g/mol. The molecule has 1 aromatic rings. The molecule has 0 saturated carbocycles. The normalized spacial score (nSPS) is 15.1. The van der Waals surface area contributed by atoms with Crippen molar-refractivity contribution in [3.63, 3.8) is 0 Å². The molecule has 0 unspecified atom stereocenters. The molecule has 1 heterocycles. The number of amides is 1. The lowest BCUT2D eigenvalue weighted by Gasteiger charge is -2.37. The molecule has 1 saturated heterocycles. The van der Waals surface area contributed by atoms with Crippen molar-refractivity contribution in [1.82, 2.24) is 4.90 Å². The van der Waals surface area contributed by atoms with E-state index < -0.39 is 5.97 Å². The highest BCUT2D eigenvalue weighted by atomic mass is 16.4. The summed E-state index contributed by atoms with van der Waals surface area (Å²) in [6.45, 7) is 7.00. The van der Waals surface area contributed by atoms with Gasteiger partial charge in [-0.15, -0.1) is 0 Å². The van der Waals surface area contributed by atoms with Crippen molar-refractivity contribution >= 4 is 17.6 Å². The molecule has 1 aromatic carbocycles. The Bertz CT molecular complexity index is 534. The van der Waals surface area contributed by atoms with E-state index in [1.807, 2.05) is 0 Å². The molecule has 1 aliphatic heterocycles. The van der Waals surface area contributed by atoms with E-state index in [9.17, 15) is 14.7 Å². The third-order valence-corrected chi connectivity index (χ3v) is 3.87. The molecule has 5 nitrogen and oxygen atoms in total. The molecule has 0 aromatic heterocycles. The van der Waals surface area contributed by atoms with Crippen LogP contribution in [-0.4, -0.2) is 43.0 Å². The highest BCUT2D eigenvalue weighted by Gasteiger charge is 2.21. The van der Waals surface area contributed by atoms with Crippen LogP contribution in [0.1, 0.15) is 24.0 Å². The Balaban J connectivity index is 1.91. The Hall–Kier alpha value is -2.04. The van der Waals surface area contributed by atoms with Crippen LogP contribution < -0.4 is 10.0 Å². The third kappa shape index (κ3) is 3.97. The molecule has 1 aliphatic rings. The number of rotatable bonds is 4. The number of benzene rings is 1. The first-order chi connectivity index (χ1) is 9.97. The van der Waals surface area contributed by atoms with Gasteiger partial charge in [0.1, 0.15) is 0 Å². The molecular weight excluding hydrogens is 268 g/mol. The van der Waals surface area contributed by atoms with Crippen molar-refractivity contribution < 1.29 is 14.7 Å². The Morgan fingerprint density at radius 2 is 1.76 bits per heavy atom. The van der Waals surface area contributed by atoms with Gasteiger partial charge in [-0.1, -0.05) is 17.7 Å². The minimum absolute atomic E-state index is 0.0336. The maximum Gasteiger partial charge on any atom is 0.223 e. The second kappa shape index (κ2) is 6.61. The van der Waals surface area contributed by atoms with Gasteiger partial charge in [-0.05, 0) is 31.9 Å². The zero-order valence-electron chi connectivity index (χ0n) is 12.6. The Morgan fingerprint density at radius 3 is 2.33 bits per heavy atom. The molecule has 0 N–H and O–H groups in total. The molecular formula is C16H21N2O3-. The number of carboxylic acids is 1. The smallest absolute Gasteiger partial charge is 0.223 e. The summed E-state index contributed by atoms with van der Waals surface area (Å²) < 4.78 is 0. The van der Waals surface area contributed by atoms with E-state index in [1.165, 1.54) is 16.8 Å². The molecule has 0 radical (unpaired) electrons. The minimum atomic E-state index is -1.17. The summed E-state index contributed by atoms with van der Waals surface area (Å²) in [7, 11) is 0. The fourth-order valence-electron chi connectivity index (χ4n) is 2.72. The van der Waals surface area contributed by atoms with Gasteiger partial charge >= 0.3 is 0 Å². The SMILES string of the molecule is Cc1ccc(N2CCN(C(=O)CCC(=O)[O-])CC2)c(C)c1. The number of aryl methyl sites for hydroxylation is 2. The summed E-state index contributed by atoms with van der Waals surface area (Å²) >= 11 is 0. The largest absolute Gasteiger partial charge is 0.550 e. The summed E-state index contributed by atoms with van der Waals surface area (Å²) in [6.07, 6.45) is -0.165. The number of carbonyl (C=O) groups excluding carboxylic acids is 2. The van der Waals surface area contributed by atoms with E-state index in [-0.39, 0.29) is 18.7 Å². The Morgan fingerprint density at radius 1 is 1.10 bits per heavy atom. The fourth-order valence-corrected chi connectivity index (χ4v) is 2.72. The summed E-state index contributed by atoms with van der Waals surface area (Å²) in [5.74, 6) is -1.27. The lowest BCUT2D eigenvalue weighted by molar-refractivity contribution is -0.305. The molecule has 21 heavy (non-hydrogen) atoms. The van der Waals surface area contributed by atoms with E-state index in [1.54, 1.807) is 4.90 Å². The highest BCUT2D eigenvalue weighted by molar-refractivity contribution is 5.80.